The van der Waals surface area contributed by atoms with E-state index < -0.39 is 6.17 Å². The van der Waals surface area contributed by atoms with Crippen molar-refractivity contribution < 1.29 is 4.39 Å². The third kappa shape index (κ3) is 0.724. The lowest BCUT2D eigenvalue weighted by molar-refractivity contribution is 0.418. The normalized spacial score (nSPS) is 58.5. The molecule has 10 heavy (non-hydrogen) atoms. The highest BCUT2D eigenvalue weighted by molar-refractivity contribution is 5.06. The van der Waals surface area contributed by atoms with Gasteiger partial charge in [-0.1, -0.05) is 0 Å². The maximum Gasteiger partial charge on any atom is 0.104 e. The van der Waals surface area contributed by atoms with Crippen molar-refractivity contribution in [2.75, 3.05) is 0 Å². The molecule has 0 aliphatic heterocycles. The van der Waals surface area contributed by atoms with Crippen LogP contribution < -0.4 is 0 Å². The molecular formula is C9H13F. The van der Waals surface area contributed by atoms with Crippen LogP contribution in [-0.2, 0) is 0 Å². The average molecular weight is 140 g/mol. The summed E-state index contributed by atoms with van der Waals surface area (Å²) in [5.74, 6) is 3.37. The van der Waals surface area contributed by atoms with Gasteiger partial charge < -0.3 is 0 Å². The van der Waals surface area contributed by atoms with E-state index in [1.165, 1.54) is 19.3 Å². The van der Waals surface area contributed by atoms with Crippen molar-refractivity contribution in [3.05, 3.63) is 0 Å². The second-order valence-corrected chi connectivity index (χ2v) is 4.32. The fourth-order valence-electron chi connectivity index (χ4n) is 2.42. The molecule has 0 spiro atoms. The molecule has 3 fully saturated rings. The summed E-state index contributed by atoms with van der Waals surface area (Å²) in [5, 5.41) is 0. The Morgan fingerprint density at radius 2 is 1.60 bits per heavy atom. The Balaban J connectivity index is 1.58. The number of hydrogen-bond acceptors (Lipinski definition) is 0. The third-order valence-corrected chi connectivity index (χ3v) is 3.43. The summed E-state index contributed by atoms with van der Waals surface area (Å²) in [6.07, 6.45) is 4.77. The van der Waals surface area contributed by atoms with E-state index in [9.17, 15) is 4.39 Å². The fourth-order valence-corrected chi connectivity index (χ4v) is 2.42. The minimum absolute atomic E-state index is 0.395. The predicted octanol–water partition coefficient (Wildman–Crippen LogP) is 2.39. The van der Waals surface area contributed by atoms with Crippen LogP contribution in [0.15, 0.2) is 0 Å². The molecule has 0 nitrogen and oxygen atoms in total. The van der Waals surface area contributed by atoms with Gasteiger partial charge in [-0.05, 0) is 49.4 Å². The van der Waals surface area contributed by atoms with Gasteiger partial charge in [-0.2, -0.15) is 0 Å². The van der Waals surface area contributed by atoms with E-state index in [-0.39, 0.29) is 0 Å². The van der Waals surface area contributed by atoms with Crippen LogP contribution in [0.5, 0.6) is 0 Å². The molecule has 3 rings (SSSR count). The summed E-state index contributed by atoms with van der Waals surface area (Å²) in [4.78, 5) is 0. The molecule has 3 aliphatic rings. The van der Waals surface area contributed by atoms with E-state index in [0.717, 1.165) is 24.2 Å². The predicted molar refractivity (Wildman–Crippen MR) is 37.3 cm³/mol. The molecular weight excluding hydrogens is 127 g/mol. The van der Waals surface area contributed by atoms with E-state index in [1.807, 2.05) is 0 Å². The Morgan fingerprint density at radius 3 is 2.10 bits per heavy atom. The molecule has 3 unspecified atom stereocenters. The molecule has 1 heteroatoms. The summed E-state index contributed by atoms with van der Waals surface area (Å²) in [6.45, 7) is 0. The molecule has 0 N–H and O–H groups in total. The van der Waals surface area contributed by atoms with Crippen molar-refractivity contribution in [3.8, 4) is 0 Å². The van der Waals surface area contributed by atoms with Crippen LogP contribution in [0, 0.1) is 23.7 Å². The maximum absolute atomic E-state index is 12.5. The number of hydrogen-bond donors (Lipinski definition) is 0. The Hall–Kier alpha value is -0.0700. The highest BCUT2D eigenvalue weighted by Crippen LogP contribution is 2.62. The summed E-state index contributed by atoms with van der Waals surface area (Å²) in [5.41, 5.74) is 0. The molecule has 0 aromatic rings. The van der Waals surface area contributed by atoms with E-state index in [0.29, 0.717) is 5.92 Å². The van der Waals surface area contributed by atoms with Crippen LogP contribution >= 0.6 is 0 Å². The summed E-state index contributed by atoms with van der Waals surface area (Å²) in [6, 6.07) is 0. The highest BCUT2D eigenvalue weighted by atomic mass is 19.1. The zero-order valence-electron chi connectivity index (χ0n) is 6.09. The minimum atomic E-state index is -0.395. The van der Waals surface area contributed by atoms with Crippen molar-refractivity contribution in [2.45, 2.75) is 31.9 Å². The molecule has 0 radical (unpaired) electrons. The Labute approximate surface area is 60.8 Å². The summed E-state index contributed by atoms with van der Waals surface area (Å²) in [7, 11) is 0. The number of rotatable bonds is 2. The molecule has 0 aromatic heterocycles. The van der Waals surface area contributed by atoms with E-state index >= 15 is 0 Å². The van der Waals surface area contributed by atoms with Gasteiger partial charge in [0.05, 0.1) is 0 Å². The van der Waals surface area contributed by atoms with Gasteiger partial charge in [0, 0.05) is 0 Å². The molecule has 3 saturated carbocycles. The van der Waals surface area contributed by atoms with Gasteiger partial charge >= 0.3 is 0 Å². The second kappa shape index (κ2) is 1.57. The van der Waals surface area contributed by atoms with E-state index in [4.69, 9.17) is 0 Å². The molecule has 0 bridgehead atoms. The molecule has 0 saturated heterocycles. The van der Waals surface area contributed by atoms with Gasteiger partial charge in [0.1, 0.15) is 6.17 Å². The van der Waals surface area contributed by atoms with Crippen molar-refractivity contribution in [2.24, 2.45) is 23.7 Å². The Kier molecular flexibility index (Phi) is 0.872. The standard InChI is InChI=1S/C9H13F/c10-9-4-8(9)7-3-6(7)5-1-2-5/h5-9H,1-4H2/t6?,7?,8-,9?/m1/s1. The molecule has 0 aromatic carbocycles. The fraction of sp³-hybridized carbons (Fsp3) is 1.00. The lowest BCUT2D eigenvalue weighted by Gasteiger charge is -1.91. The zero-order chi connectivity index (χ0) is 6.72. The van der Waals surface area contributed by atoms with Crippen molar-refractivity contribution >= 4 is 0 Å². The lowest BCUT2D eigenvalue weighted by Crippen LogP contribution is -1.89. The van der Waals surface area contributed by atoms with Crippen molar-refractivity contribution in [3.63, 3.8) is 0 Å². The van der Waals surface area contributed by atoms with Crippen molar-refractivity contribution in [1.29, 1.82) is 0 Å². The molecule has 56 valence electrons. The van der Waals surface area contributed by atoms with Crippen molar-refractivity contribution in [1.82, 2.24) is 0 Å². The molecule has 0 heterocycles. The maximum atomic E-state index is 12.5. The molecule has 3 aliphatic carbocycles. The summed E-state index contributed by atoms with van der Waals surface area (Å²) >= 11 is 0. The average Bonchev–Trinajstić information content (AvgIpc) is 2.68. The van der Waals surface area contributed by atoms with Gasteiger partial charge in [0.15, 0.2) is 0 Å². The first-order chi connectivity index (χ1) is 4.86. The van der Waals surface area contributed by atoms with Crippen LogP contribution in [0.4, 0.5) is 4.39 Å². The lowest BCUT2D eigenvalue weighted by atomic mass is 10.1. The van der Waals surface area contributed by atoms with Crippen LogP contribution in [0.2, 0.25) is 0 Å². The Bertz CT molecular complexity index is 162. The zero-order valence-corrected chi connectivity index (χ0v) is 6.09. The third-order valence-electron chi connectivity index (χ3n) is 3.43. The van der Waals surface area contributed by atoms with Crippen LogP contribution in [0.3, 0.4) is 0 Å². The smallest absolute Gasteiger partial charge is 0.104 e. The van der Waals surface area contributed by atoms with Crippen LogP contribution in [-0.4, -0.2) is 6.17 Å². The Morgan fingerprint density at radius 1 is 0.900 bits per heavy atom. The van der Waals surface area contributed by atoms with E-state index in [2.05, 4.69) is 0 Å². The molecule has 4 atom stereocenters. The van der Waals surface area contributed by atoms with Gasteiger partial charge in [0.2, 0.25) is 0 Å². The number of halogens is 1. The first-order valence-corrected chi connectivity index (χ1v) is 4.50. The SMILES string of the molecule is FC1C[C@@H]1C1CC1C1CC1. The van der Waals surface area contributed by atoms with Crippen LogP contribution in [0.1, 0.15) is 25.7 Å². The van der Waals surface area contributed by atoms with Gasteiger partial charge in [0.25, 0.3) is 0 Å². The highest BCUT2D eigenvalue weighted by Gasteiger charge is 2.57. The minimum Gasteiger partial charge on any atom is -0.247 e. The van der Waals surface area contributed by atoms with Crippen LogP contribution in [0.25, 0.3) is 0 Å². The molecule has 0 amide bonds. The first-order valence-electron chi connectivity index (χ1n) is 4.50. The van der Waals surface area contributed by atoms with E-state index in [1.54, 1.807) is 0 Å². The van der Waals surface area contributed by atoms with Gasteiger partial charge in [-0.15, -0.1) is 0 Å². The van der Waals surface area contributed by atoms with Gasteiger partial charge in [-0.25, -0.2) is 4.39 Å². The monoisotopic (exact) mass is 140 g/mol. The topological polar surface area (TPSA) is 0 Å². The second-order valence-electron chi connectivity index (χ2n) is 4.32. The van der Waals surface area contributed by atoms with Gasteiger partial charge in [-0.3, -0.25) is 0 Å². The largest absolute Gasteiger partial charge is 0.247 e. The quantitative estimate of drug-likeness (QED) is 0.552. The first kappa shape index (κ1) is 5.56. The number of alkyl halides is 1. The summed E-state index contributed by atoms with van der Waals surface area (Å²) < 4.78 is 12.5.